The normalized spacial score (nSPS) is 27.2. The van der Waals surface area contributed by atoms with Gasteiger partial charge in [0.2, 0.25) is 10.0 Å². The van der Waals surface area contributed by atoms with Gasteiger partial charge in [0.05, 0.1) is 9.82 Å². The molecular formula is C16H23N3O4S. The maximum Gasteiger partial charge on any atom is 0.293 e. The molecule has 2 aliphatic rings. The van der Waals surface area contributed by atoms with E-state index >= 15 is 0 Å². The van der Waals surface area contributed by atoms with Gasteiger partial charge in [0.15, 0.2) is 0 Å². The van der Waals surface area contributed by atoms with E-state index in [-0.39, 0.29) is 16.6 Å². The van der Waals surface area contributed by atoms with Gasteiger partial charge in [0, 0.05) is 12.1 Å². The Balaban J connectivity index is 1.83. The third-order valence-corrected chi connectivity index (χ3v) is 6.98. The highest BCUT2D eigenvalue weighted by atomic mass is 32.2. The first-order valence-electron chi connectivity index (χ1n) is 8.30. The molecule has 0 spiro atoms. The van der Waals surface area contributed by atoms with Crippen LogP contribution in [0, 0.1) is 27.9 Å². The summed E-state index contributed by atoms with van der Waals surface area (Å²) >= 11 is 0. The number of hydrogen-bond donors (Lipinski definition) is 2. The molecule has 0 aliphatic heterocycles. The number of nitro benzene ring substituents is 1. The molecule has 2 aliphatic carbocycles. The fourth-order valence-electron chi connectivity index (χ4n) is 4.33. The Hall–Kier alpha value is -1.67. The molecular weight excluding hydrogens is 330 g/mol. The molecule has 2 fully saturated rings. The molecule has 0 radical (unpaired) electrons. The van der Waals surface area contributed by atoms with Gasteiger partial charge < -0.3 is 5.32 Å². The SMILES string of the molecule is CNS(=O)(=O)c1ccc(N[C@@H](C)[C@@H]2C[C@H]3CC[C@H]2C3)c([N+](=O)[O-])c1. The smallest absolute Gasteiger partial charge is 0.293 e. The first kappa shape index (κ1) is 17.2. The fraction of sp³-hybridized carbons (Fsp3) is 0.625. The zero-order valence-corrected chi connectivity index (χ0v) is 14.7. The number of sulfonamides is 1. The first-order valence-corrected chi connectivity index (χ1v) is 9.78. The molecule has 2 N–H and O–H groups in total. The van der Waals surface area contributed by atoms with Crippen LogP contribution in [0.25, 0.3) is 0 Å². The zero-order valence-electron chi connectivity index (χ0n) is 13.9. The van der Waals surface area contributed by atoms with Crippen molar-refractivity contribution < 1.29 is 13.3 Å². The van der Waals surface area contributed by atoms with Gasteiger partial charge in [-0.15, -0.1) is 0 Å². The summed E-state index contributed by atoms with van der Waals surface area (Å²) in [5.41, 5.74) is 0.173. The van der Waals surface area contributed by atoms with Gasteiger partial charge in [0.25, 0.3) is 5.69 Å². The number of nitrogens with zero attached hydrogens (tertiary/aromatic N) is 1. The molecule has 0 unspecified atom stereocenters. The maximum atomic E-state index is 11.9. The number of nitro groups is 1. The molecule has 1 aromatic rings. The van der Waals surface area contributed by atoms with Crippen LogP contribution in [-0.4, -0.2) is 26.4 Å². The van der Waals surface area contributed by atoms with Crippen LogP contribution in [0.3, 0.4) is 0 Å². The summed E-state index contributed by atoms with van der Waals surface area (Å²) in [6.45, 7) is 2.06. The van der Waals surface area contributed by atoms with E-state index in [0.717, 1.165) is 12.0 Å². The van der Waals surface area contributed by atoms with Crippen molar-refractivity contribution in [3.63, 3.8) is 0 Å². The van der Waals surface area contributed by atoms with Gasteiger partial charge in [0.1, 0.15) is 5.69 Å². The van der Waals surface area contributed by atoms with Crippen LogP contribution < -0.4 is 10.0 Å². The number of hydrogen-bond acceptors (Lipinski definition) is 5. The summed E-state index contributed by atoms with van der Waals surface area (Å²) in [5, 5.41) is 14.6. The lowest BCUT2D eigenvalue weighted by Gasteiger charge is -2.29. The summed E-state index contributed by atoms with van der Waals surface area (Å²) in [7, 11) is -2.42. The van der Waals surface area contributed by atoms with Gasteiger partial charge in [-0.2, -0.15) is 0 Å². The lowest BCUT2D eigenvalue weighted by molar-refractivity contribution is -0.384. The first-order chi connectivity index (χ1) is 11.3. The van der Waals surface area contributed by atoms with Crippen LogP contribution in [0.2, 0.25) is 0 Å². The predicted molar refractivity (Wildman–Crippen MR) is 91.4 cm³/mol. The lowest BCUT2D eigenvalue weighted by atomic mass is 9.84. The summed E-state index contributed by atoms with van der Waals surface area (Å²) in [4.78, 5) is 10.7. The molecule has 3 rings (SSSR count). The van der Waals surface area contributed by atoms with Crippen molar-refractivity contribution in [3.8, 4) is 0 Å². The molecule has 0 amide bonds. The summed E-state index contributed by atoms with van der Waals surface area (Å²) in [6.07, 6.45) is 5.02. The van der Waals surface area contributed by atoms with Crippen molar-refractivity contribution >= 4 is 21.4 Å². The Kier molecular flexibility index (Phi) is 4.52. The van der Waals surface area contributed by atoms with Crippen LogP contribution in [0.15, 0.2) is 23.1 Å². The molecule has 7 nitrogen and oxygen atoms in total. The Morgan fingerprint density at radius 3 is 2.58 bits per heavy atom. The third-order valence-electron chi connectivity index (χ3n) is 5.56. The molecule has 1 aromatic carbocycles. The number of benzene rings is 1. The van der Waals surface area contributed by atoms with Gasteiger partial charge >= 0.3 is 0 Å². The monoisotopic (exact) mass is 353 g/mol. The topological polar surface area (TPSA) is 101 Å². The average molecular weight is 353 g/mol. The molecule has 0 aromatic heterocycles. The van der Waals surface area contributed by atoms with E-state index in [0.29, 0.717) is 17.5 Å². The third kappa shape index (κ3) is 3.12. The number of rotatable bonds is 6. The summed E-state index contributed by atoms with van der Waals surface area (Å²) in [5.74, 6) is 2.05. The standard InChI is InChI=1S/C16H23N3O4S/c1-10(14-8-11-3-4-12(14)7-11)18-15-6-5-13(24(22,23)17-2)9-16(15)19(20)21/h5-6,9-12,14,17-18H,3-4,7-8H2,1-2H3/t10-,11-,12-,14-/m0/s1. The maximum absolute atomic E-state index is 11.9. The molecule has 24 heavy (non-hydrogen) atoms. The molecule has 2 bridgehead atoms. The van der Waals surface area contributed by atoms with E-state index in [2.05, 4.69) is 17.0 Å². The molecule has 4 atom stereocenters. The van der Waals surface area contributed by atoms with Crippen molar-refractivity contribution in [2.45, 2.75) is 43.5 Å². The fourth-order valence-corrected chi connectivity index (χ4v) is 5.08. The van der Waals surface area contributed by atoms with Crippen molar-refractivity contribution in [1.82, 2.24) is 4.72 Å². The minimum Gasteiger partial charge on any atom is -0.377 e. The lowest BCUT2D eigenvalue weighted by Crippen LogP contribution is -2.30. The van der Waals surface area contributed by atoms with Crippen LogP contribution in [-0.2, 0) is 10.0 Å². The molecule has 8 heteroatoms. The number of nitrogens with one attached hydrogen (secondary N) is 2. The van der Waals surface area contributed by atoms with Crippen molar-refractivity contribution in [2.75, 3.05) is 12.4 Å². The Morgan fingerprint density at radius 1 is 1.29 bits per heavy atom. The summed E-state index contributed by atoms with van der Waals surface area (Å²) < 4.78 is 25.9. The van der Waals surface area contributed by atoms with Crippen molar-refractivity contribution in [2.24, 2.45) is 17.8 Å². The largest absolute Gasteiger partial charge is 0.377 e. The highest BCUT2D eigenvalue weighted by molar-refractivity contribution is 7.89. The second kappa shape index (κ2) is 6.33. The number of fused-ring (bicyclic) bond motifs is 2. The van der Waals surface area contributed by atoms with E-state index in [9.17, 15) is 18.5 Å². The van der Waals surface area contributed by atoms with Gasteiger partial charge in [-0.25, -0.2) is 13.1 Å². The quantitative estimate of drug-likeness (QED) is 0.605. The van der Waals surface area contributed by atoms with E-state index < -0.39 is 14.9 Å². The average Bonchev–Trinajstić information content (AvgIpc) is 3.17. The molecule has 132 valence electrons. The van der Waals surface area contributed by atoms with E-state index in [1.807, 2.05) is 0 Å². The molecule has 0 saturated heterocycles. The second-order valence-electron chi connectivity index (χ2n) is 6.92. The Bertz CT molecular complexity index is 750. The Labute approximate surface area is 142 Å². The minimum atomic E-state index is -3.70. The highest BCUT2D eigenvalue weighted by Crippen LogP contribution is 2.50. The molecule has 0 heterocycles. The highest BCUT2D eigenvalue weighted by Gasteiger charge is 2.42. The molecule has 2 saturated carbocycles. The predicted octanol–water partition coefficient (Wildman–Crippen LogP) is 2.74. The van der Waals surface area contributed by atoms with Crippen molar-refractivity contribution in [1.29, 1.82) is 0 Å². The van der Waals surface area contributed by atoms with Crippen LogP contribution in [0.4, 0.5) is 11.4 Å². The number of anilines is 1. The van der Waals surface area contributed by atoms with Crippen LogP contribution in [0.5, 0.6) is 0 Å². The van der Waals surface area contributed by atoms with E-state index in [1.165, 1.54) is 44.9 Å². The Morgan fingerprint density at radius 2 is 2.04 bits per heavy atom. The zero-order chi connectivity index (χ0) is 17.5. The van der Waals surface area contributed by atoms with Crippen LogP contribution >= 0.6 is 0 Å². The van der Waals surface area contributed by atoms with Crippen LogP contribution in [0.1, 0.15) is 32.6 Å². The van der Waals surface area contributed by atoms with Crippen molar-refractivity contribution in [3.05, 3.63) is 28.3 Å². The second-order valence-corrected chi connectivity index (χ2v) is 8.80. The van der Waals surface area contributed by atoms with E-state index in [1.54, 1.807) is 0 Å². The summed E-state index contributed by atoms with van der Waals surface area (Å²) in [6, 6.07) is 4.13. The van der Waals surface area contributed by atoms with Gasteiger partial charge in [-0.05, 0) is 63.1 Å². The van der Waals surface area contributed by atoms with E-state index in [4.69, 9.17) is 0 Å². The van der Waals surface area contributed by atoms with Gasteiger partial charge in [-0.3, -0.25) is 10.1 Å². The minimum absolute atomic E-state index is 0.102. The van der Waals surface area contributed by atoms with Gasteiger partial charge in [-0.1, -0.05) is 6.42 Å².